The standard InChI is InChI=1S/C16H15FN2O4/c1-10(12-5-3-4-6-14(12)17)18-16(20)13-9-11(19(21)22)7-8-15(13)23-2/h3-10H,1-2H3,(H,18,20). The summed E-state index contributed by atoms with van der Waals surface area (Å²) < 4.78 is 18.8. The number of nitrogens with one attached hydrogen (secondary N) is 1. The van der Waals surface area contributed by atoms with E-state index in [-0.39, 0.29) is 17.0 Å². The van der Waals surface area contributed by atoms with Gasteiger partial charge in [-0.2, -0.15) is 0 Å². The van der Waals surface area contributed by atoms with Crippen LogP contribution in [0.5, 0.6) is 5.75 Å². The Morgan fingerprint density at radius 1 is 1.30 bits per heavy atom. The number of carbonyl (C=O) groups is 1. The minimum atomic E-state index is -0.604. The Hall–Kier alpha value is -2.96. The van der Waals surface area contributed by atoms with Gasteiger partial charge in [0.1, 0.15) is 11.6 Å². The van der Waals surface area contributed by atoms with Crippen LogP contribution in [-0.4, -0.2) is 17.9 Å². The summed E-state index contributed by atoms with van der Waals surface area (Å²) in [4.78, 5) is 22.6. The van der Waals surface area contributed by atoms with Crippen LogP contribution < -0.4 is 10.1 Å². The molecule has 23 heavy (non-hydrogen) atoms. The van der Waals surface area contributed by atoms with Crippen LogP contribution in [0.4, 0.5) is 10.1 Å². The summed E-state index contributed by atoms with van der Waals surface area (Å²) >= 11 is 0. The van der Waals surface area contributed by atoms with Crippen molar-refractivity contribution in [3.8, 4) is 5.75 Å². The molecule has 0 aromatic heterocycles. The van der Waals surface area contributed by atoms with Gasteiger partial charge in [0, 0.05) is 17.7 Å². The minimum absolute atomic E-state index is 0.0184. The molecule has 1 atom stereocenters. The monoisotopic (exact) mass is 318 g/mol. The van der Waals surface area contributed by atoms with Crippen molar-refractivity contribution in [2.75, 3.05) is 7.11 Å². The molecule has 0 bridgehead atoms. The molecule has 1 N–H and O–H groups in total. The molecule has 0 aliphatic rings. The zero-order valence-corrected chi connectivity index (χ0v) is 12.6. The molecule has 2 rings (SSSR count). The third-order valence-corrected chi connectivity index (χ3v) is 3.36. The first kappa shape index (κ1) is 16.4. The number of nitro benzene ring substituents is 1. The molecule has 1 amide bonds. The number of halogens is 1. The molecule has 0 fully saturated rings. The maximum atomic E-state index is 13.7. The van der Waals surface area contributed by atoms with E-state index >= 15 is 0 Å². The Morgan fingerprint density at radius 2 is 2.00 bits per heavy atom. The highest BCUT2D eigenvalue weighted by atomic mass is 19.1. The van der Waals surface area contributed by atoms with Gasteiger partial charge in [0.05, 0.1) is 23.6 Å². The third kappa shape index (κ3) is 3.63. The maximum Gasteiger partial charge on any atom is 0.270 e. The highest BCUT2D eigenvalue weighted by Crippen LogP contribution is 2.25. The van der Waals surface area contributed by atoms with Crippen LogP contribution in [0.1, 0.15) is 28.9 Å². The summed E-state index contributed by atoms with van der Waals surface area (Å²) in [6.07, 6.45) is 0. The van der Waals surface area contributed by atoms with Crippen molar-refractivity contribution in [1.82, 2.24) is 5.32 Å². The lowest BCUT2D eigenvalue weighted by Crippen LogP contribution is -2.27. The van der Waals surface area contributed by atoms with Gasteiger partial charge < -0.3 is 10.1 Å². The van der Waals surface area contributed by atoms with Crippen molar-refractivity contribution in [2.45, 2.75) is 13.0 Å². The van der Waals surface area contributed by atoms with Crippen molar-refractivity contribution in [2.24, 2.45) is 0 Å². The summed E-state index contributed by atoms with van der Waals surface area (Å²) in [5.74, 6) is -0.818. The predicted octanol–water partition coefficient (Wildman–Crippen LogP) is 3.23. The fourth-order valence-electron chi connectivity index (χ4n) is 2.17. The first-order valence-corrected chi connectivity index (χ1v) is 6.81. The van der Waals surface area contributed by atoms with E-state index in [0.717, 1.165) is 6.07 Å². The number of nitro groups is 1. The molecule has 0 aliphatic heterocycles. The number of non-ortho nitro benzene ring substituents is 1. The predicted molar refractivity (Wildman–Crippen MR) is 81.9 cm³/mol. The van der Waals surface area contributed by atoms with Crippen molar-refractivity contribution < 1.29 is 18.8 Å². The molecule has 0 spiro atoms. The lowest BCUT2D eigenvalue weighted by atomic mass is 10.1. The number of carbonyl (C=O) groups excluding carboxylic acids is 1. The van der Waals surface area contributed by atoms with Crippen LogP contribution in [0.25, 0.3) is 0 Å². The zero-order chi connectivity index (χ0) is 17.0. The molecule has 120 valence electrons. The van der Waals surface area contributed by atoms with E-state index in [1.807, 2.05) is 0 Å². The third-order valence-electron chi connectivity index (χ3n) is 3.36. The summed E-state index contributed by atoms with van der Waals surface area (Å²) in [5.41, 5.74) is 0.115. The Balaban J connectivity index is 2.28. The van der Waals surface area contributed by atoms with E-state index in [1.54, 1.807) is 25.1 Å². The molecule has 6 nitrogen and oxygen atoms in total. The second-order valence-electron chi connectivity index (χ2n) is 4.86. The SMILES string of the molecule is COc1ccc([N+](=O)[O-])cc1C(=O)NC(C)c1ccccc1F. The Bertz CT molecular complexity index is 749. The lowest BCUT2D eigenvalue weighted by Gasteiger charge is -2.16. The Labute approximate surface area is 132 Å². The van der Waals surface area contributed by atoms with E-state index < -0.39 is 22.7 Å². The number of amides is 1. The second-order valence-corrected chi connectivity index (χ2v) is 4.86. The van der Waals surface area contributed by atoms with Crippen LogP contribution in [0.3, 0.4) is 0 Å². The van der Waals surface area contributed by atoms with Gasteiger partial charge in [-0.3, -0.25) is 14.9 Å². The number of hydrogen-bond donors (Lipinski definition) is 1. The lowest BCUT2D eigenvalue weighted by molar-refractivity contribution is -0.384. The summed E-state index contributed by atoms with van der Waals surface area (Å²) in [6, 6.07) is 9.19. The van der Waals surface area contributed by atoms with Gasteiger partial charge in [-0.15, -0.1) is 0 Å². The van der Waals surface area contributed by atoms with Gasteiger partial charge in [0.25, 0.3) is 11.6 Å². The molecule has 0 saturated carbocycles. The highest BCUT2D eigenvalue weighted by molar-refractivity contribution is 5.97. The first-order valence-electron chi connectivity index (χ1n) is 6.81. The largest absolute Gasteiger partial charge is 0.496 e. The summed E-state index contributed by atoms with van der Waals surface area (Å²) in [6.45, 7) is 1.63. The van der Waals surface area contributed by atoms with E-state index in [2.05, 4.69) is 5.32 Å². The number of methoxy groups -OCH3 is 1. The van der Waals surface area contributed by atoms with Crippen molar-refractivity contribution in [3.05, 3.63) is 69.5 Å². The van der Waals surface area contributed by atoms with Crippen molar-refractivity contribution in [1.29, 1.82) is 0 Å². The van der Waals surface area contributed by atoms with E-state index in [1.165, 1.54) is 25.3 Å². The Morgan fingerprint density at radius 3 is 2.61 bits per heavy atom. The van der Waals surface area contributed by atoms with Gasteiger partial charge in [0.2, 0.25) is 0 Å². The smallest absolute Gasteiger partial charge is 0.270 e. The fourth-order valence-corrected chi connectivity index (χ4v) is 2.17. The molecule has 2 aromatic rings. The molecule has 0 radical (unpaired) electrons. The van der Waals surface area contributed by atoms with Gasteiger partial charge in [-0.05, 0) is 19.1 Å². The molecule has 2 aromatic carbocycles. The maximum absolute atomic E-state index is 13.7. The highest BCUT2D eigenvalue weighted by Gasteiger charge is 2.20. The summed E-state index contributed by atoms with van der Waals surface area (Å²) in [5, 5.41) is 13.5. The second kappa shape index (κ2) is 6.87. The van der Waals surface area contributed by atoms with Gasteiger partial charge in [-0.1, -0.05) is 18.2 Å². The van der Waals surface area contributed by atoms with Crippen LogP contribution in [0, 0.1) is 15.9 Å². The van der Waals surface area contributed by atoms with Crippen molar-refractivity contribution in [3.63, 3.8) is 0 Å². The average molecular weight is 318 g/mol. The van der Waals surface area contributed by atoms with Crippen LogP contribution in [-0.2, 0) is 0 Å². The molecule has 1 unspecified atom stereocenters. The average Bonchev–Trinajstić information content (AvgIpc) is 2.54. The van der Waals surface area contributed by atoms with Crippen LogP contribution in [0.2, 0.25) is 0 Å². The molecule has 7 heteroatoms. The number of benzene rings is 2. The van der Waals surface area contributed by atoms with Gasteiger partial charge in [-0.25, -0.2) is 4.39 Å². The molecule has 0 aliphatic carbocycles. The van der Waals surface area contributed by atoms with E-state index in [4.69, 9.17) is 4.74 Å². The van der Waals surface area contributed by atoms with E-state index in [0.29, 0.717) is 5.56 Å². The van der Waals surface area contributed by atoms with Crippen molar-refractivity contribution >= 4 is 11.6 Å². The van der Waals surface area contributed by atoms with Gasteiger partial charge >= 0.3 is 0 Å². The summed E-state index contributed by atoms with van der Waals surface area (Å²) in [7, 11) is 1.36. The minimum Gasteiger partial charge on any atom is -0.496 e. The quantitative estimate of drug-likeness (QED) is 0.678. The first-order chi connectivity index (χ1) is 10.9. The molecular weight excluding hydrogens is 303 g/mol. The Kier molecular flexibility index (Phi) is 4.90. The van der Waals surface area contributed by atoms with E-state index in [9.17, 15) is 19.3 Å². The van der Waals surface area contributed by atoms with Crippen LogP contribution >= 0.6 is 0 Å². The molecular formula is C16H15FN2O4. The fraction of sp³-hybridized carbons (Fsp3) is 0.188. The number of nitrogens with zero attached hydrogens (tertiary/aromatic N) is 1. The van der Waals surface area contributed by atoms with Gasteiger partial charge in [0.15, 0.2) is 0 Å². The molecule has 0 saturated heterocycles. The number of rotatable bonds is 5. The number of ether oxygens (including phenoxy) is 1. The zero-order valence-electron chi connectivity index (χ0n) is 12.6. The molecule has 0 heterocycles. The van der Waals surface area contributed by atoms with Crippen LogP contribution in [0.15, 0.2) is 42.5 Å². The number of hydrogen-bond acceptors (Lipinski definition) is 4. The topological polar surface area (TPSA) is 81.5 Å². The normalized spacial score (nSPS) is 11.6.